The third-order valence-corrected chi connectivity index (χ3v) is 4.03. The molecule has 20 heavy (non-hydrogen) atoms. The highest BCUT2D eigenvalue weighted by Crippen LogP contribution is 2.24. The lowest BCUT2D eigenvalue weighted by molar-refractivity contribution is 0.444. The number of halogens is 1. The molecule has 0 radical (unpaired) electrons. The van der Waals surface area contributed by atoms with Gasteiger partial charge in [-0.15, -0.1) is 0 Å². The molecule has 112 valence electrons. The molecule has 2 heterocycles. The minimum atomic E-state index is -0.190. The van der Waals surface area contributed by atoms with Crippen LogP contribution in [0.3, 0.4) is 0 Å². The van der Waals surface area contributed by atoms with Crippen LogP contribution in [0.1, 0.15) is 26.7 Å². The standard InChI is InChI=1S/C14H23ClN4O/c1-10(2)8-19-14(20)13(15)12(7-17-19)18-6-4-5-11(9-18)16-3/h7,10-11,16H,4-6,8-9H2,1-3H3. The number of aromatic nitrogens is 2. The van der Waals surface area contributed by atoms with Crippen LogP contribution in [0.4, 0.5) is 5.69 Å². The highest BCUT2D eigenvalue weighted by molar-refractivity contribution is 6.33. The zero-order valence-corrected chi connectivity index (χ0v) is 13.2. The van der Waals surface area contributed by atoms with E-state index >= 15 is 0 Å². The summed E-state index contributed by atoms with van der Waals surface area (Å²) in [6, 6.07) is 0.443. The first-order chi connectivity index (χ1) is 9.52. The van der Waals surface area contributed by atoms with Crippen molar-refractivity contribution in [2.45, 2.75) is 39.3 Å². The molecule has 1 saturated heterocycles. The molecule has 0 amide bonds. The third kappa shape index (κ3) is 3.33. The maximum Gasteiger partial charge on any atom is 0.287 e. The van der Waals surface area contributed by atoms with Gasteiger partial charge in [0.25, 0.3) is 5.56 Å². The van der Waals surface area contributed by atoms with Crippen LogP contribution in [0.15, 0.2) is 11.0 Å². The van der Waals surface area contributed by atoms with E-state index in [-0.39, 0.29) is 10.6 Å². The summed E-state index contributed by atoms with van der Waals surface area (Å²) in [5, 5.41) is 7.84. The molecular weight excluding hydrogens is 276 g/mol. The average molecular weight is 299 g/mol. The van der Waals surface area contributed by atoms with E-state index in [2.05, 4.69) is 29.2 Å². The first kappa shape index (κ1) is 15.3. The van der Waals surface area contributed by atoms with Crippen LogP contribution in [0.25, 0.3) is 0 Å². The Morgan fingerprint density at radius 1 is 1.55 bits per heavy atom. The van der Waals surface area contributed by atoms with Crippen LogP contribution in [-0.2, 0) is 6.54 Å². The molecule has 1 fully saturated rings. The molecule has 1 aromatic heterocycles. The number of piperidine rings is 1. The summed E-state index contributed by atoms with van der Waals surface area (Å²) in [4.78, 5) is 14.4. The van der Waals surface area contributed by atoms with E-state index < -0.39 is 0 Å². The van der Waals surface area contributed by atoms with Gasteiger partial charge in [0, 0.05) is 25.7 Å². The number of nitrogens with one attached hydrogen (secondary N) is 1. The van der Waals surface area contributed by atoms with Crippen LogP contribution in [0.2, 0.25) is 5.02 Å². The molecule has 1 aromatic rings. The van der Waals surface area contributed by atoms with Crippen molar-refractivity contribution in [1.82, 2.24) is 15.1 Å². The van der Waals surface area contributed by atoms with Crippen molar-refractivity contribution in [3.05, 3.63) is 21.6 Å². The maximum atomic E-state index is 12.2. The molecule has 5 nitrogen and oxygen atoms in total. The van der Waals surface area contributed by atoms with E-state index in [0.717, 1.165) is 31.6 Å². The Kier molecular flexibility index (Phi) is 5.05. The van der Waals surface area contributed by atoms with Crippen molar-refractivity contribution in [2.75, 3.05) is 25.0 Å². The molecule has 1 aliphatic rings. The van der Waals surface area contributed by atoms with Gasteiger partial charge in [0.2, 0.25) is 0 Å². The summed E-state index contributed by atoms with van der Waals surface area (Å²) in [5.74, 6) is 0.366. The van der Waals surface area contributed by atoms with Gasteiger partial charge in [-0.25, -0.2) is 4.68 Å². The summed E-state index contributed by atoms with van der Waals surface area (Å²) in [7, 11) is 1.97. The second kappa shape index (κ2) is 6.59. The van der Waals surface area contributed by atoms with Crippen molar-refractivity contribution in [3.63, 3.8) is 0 Å². The van der Waals surface area contributed by atoms with Crippen molar-refractivity contribution in [3.8, 4) is 0 Å². The van der Waals surface area contributed by atoms with Crippen LogP contribution in [0.5, 0.6) is 0 Å². The smallest absolute Gasteiger partial charge is 0.287 e. The minimum absolute atomic E-state index is 0.190. The SMILES string of the molecule is CNC1CCCN(c2cnn(CC(C)C)c(=O)c2Cl)C1. The predicted octanol–water partition coefficient (Wildman–Crippen LogP) is 1.74. The summed E-state index contributed by atoms with van der Waals surface area (Å²) >= 11 is 6.27. The highest BCUT2D eigenvalue weighted by Gasteiger charge is 2.22. The molecule has 0 spiro atoms. The molecular formula is C14H23ClN4O. The van der Waals surface area contributed by atoms with Gasteiger partial charge < -0.3 is 10.2 Å². The molecule has 1 N–H and O–H groups in total. The average Bonchev–Trinajstić information content (AvgIpc) is 2.44. The first-order valence-corrected chi connectivity index (χ1v) is 7.58. The van der Waals surface area contributed by atoms with E-state index in [1.165, 1.54) is 4.68 Å². The zero-order chi connectivity index (χ0) is 14.7. The number of hydrogen-bond acceptors (Lipinski definition) is 4. The Morgan fingerprint density at radius 2 is 2.30 bits per heavy atom. The molecule has 6 heteroatoms. The van der Waals surface area contributed by atoms with Gasteiger partial charge in [-0.3, -0.25) is 4.79 Å². The number of nitrogens with zero attached hydrogens (tertiary/aromatic N) is 3. The lowest BCUT2D eigenvalue weighted by Crippen LogP contribution is -2.45. The largest absolute Gasteiger partial charge is 0.367 e. The van der Waals surface area contributed by atoms with Gasteiger partial charge in [0.15, 0.2) is 0 Å². The Morgan fingerprint density at radius 3 is 2.95 bits per heavy atom. The van der Waals surface area contributed by atoms with E-state index in [0.29, 0.717) is 18.5 Å². The van der Waals surface area contributed by atoms with E-state index in [1.807, 2.05) is 7.05 Å². The summed E-state index contributed by atoms with van der Waals surface area (Å²) in [6.45, 7) is 6.49. The van der Waals surface area contributed by atoms with Gasteiger partial charge in [0.1, 0.15) is 5.02 Å². The molecule has 0 aliphatic carbocycles. The van der Waals surface area contributed by atoms with Crippen molar-refractivity contribution in [1.29, 1.82) is 0 Å². The number of rotatable bonds is 4. The van der Waals surface area contributed by atoms with Crippen LogP contribution in [-0.4, -0.2) is 36.0 Å². The summed E-state index contributed by atoms with van der Waals surface area (Å²) < 4.78 is 1.45. The van der Waals surface area contributed by atoms with Gasteiger partial charge in [0.05, 0.1) is 11.9 Å². The topological polar surface area (TPSA) is 50.2 Å². The fourth-order valence-electron chi connectivity index (χ4n) is 2.58. The fourth-order valence-corrected chi connectivity index (χ4v) is 2.85. The highest BCUT2D eigenvalue weighted by atomic mass is 35.5. The second-order valence-corrected chi connectivity index (χ2v) is 6.18. The lowest BCUT2D eigenvalue weighted by Gasteiger charge is -2.34. The summed E-state index contributed by atoms with van der Waals surface area (Å²) in [6.07, 6.45) is 3.98. The number of likely N-dealkylation sites (N-methyl/N-ethyl adjacent to an activating group) is 1. The summed E-state index contributed by atoms with van der Waals surface area (Å²) in [5.41, 5.74) is 0.570. The van der Waals surface area contributed by atoms with Crippen molar-refractivity contribution < 1.29 is 0 Å². The fraction of sp³-hybridized carbons (Fsp3) is 0.714. The third-order valence-electron chi connectivity index (χ3n) is 3.67. The molecule has 1 aliphatic heterocycles. The molecule has 0 aromatic carbocycles. The van der Waals surface area contributed by atoms with Gasteiger partial charge in [-0.1, -0.05) is 25.4 Å². The molecule has 0 saturated carbocycles. The minimum Gasteiger partial charge on any atom is -0.367 e. The van der Waals surface area contributed by atoms with Gasteiger partial charge >= 0.3 is 0 Å². The molecule has 2 rings (SSSR count). The van der Waals surface area contributed by atoms with Crippen LogP contribution >= 0.6 is 11.6 Å². The van der Waals surface area contributed by atoms with Crippen LogP contribution < -0.4 is 15.8 Å². The lowest BCUT2D eigenvalue weighted by atomic mass is 10.1. The van der Waals surface area contributed by atoms with Gasteiger partial charge in [-0.2, -0.15) is 5.10 Å². The monoisotopic (exact) mass is 298 g/mol. The Hall–Kier alpha value is -1.07. The van der Waals surface area contributed by atoms with Crippen LogP contribution in [0, 0.1) is 5.92 Å². The van der Waals surface area contributed by atoms with E-state index in [9.17, 15) is 4.79 Å². The van der Waals surface area contributed by atoms with E-state index in [4.69, 9.17) is 11.6 Å². The van der Waals surface area contributed by atoms with Crippen molar-refractivity contribution >= 4 is 17.3 Å². The first-order valence-electron chi connectivity index (χ1n) is 7.20. The predicted molar refractivity (Wildman–Crippen MR) is 82.6 cm³/mol. The zero-order valence-electron chi connectivity index (χ0n) is 12.4. The quantitative estimate of drug-likeness (QED) is 0.920. The molecule has 1 unspecified atom stereocenters. The van der Waals surface area contributed by atoms with Gasteiger partial charge in [-0.05, 0) is 25.8 Å². The normalized spacial score (nSPS) is 19.6. The number of anilines is 1. The second-order valence-electron chi connectivity index (χ2n) is 5.80. The number of hydrogen-bond donors (Lipinski definition) is 1. The molecule has 1 atom stereocenters. The van der Waals surface area contributed by atoms with Crippen molar-refractivity contribution in [2.24, 2.45) is 5.92 Å². The Balaban J connectivity index is 2.25. The Labute approximate surface area is 124 Å². The molecule has 0 bridgehead atoms. The van der Waals surface area contributed by atoms with E-state index in [1.54, 1.807) is 6.20 Å². The Bertz CT molecular complexity index is 514. The maximum absolute atomic E-state index is 12.2.